The van der Waals surface area contributed by atoms with Gasteiger partial charge in [0.25, 0.3) is 0 Å². The number of nitrogens with zero attached hydrogens (tertiary/aromatic N) is 4. The van der Waals surface area contributed by atoms with Gasteiger partial charge in [-0.25, -0.2) is 4.98 Å². The Hall–Kier alpha value is -1.23. The average Bonchev–Trinajstić information content (AvgIpc) is 2.72. The van der Waals surface area contributed by atoms with Crippen molar-refractivity contribution in [3.63, 3.8) is 0 Å². The maximum Gasteiger partial charge on any atom is 0.245 e. The Morgan fingerprint density at radius 3 is 2.87 bits per heavy atom. The van der Waals surface area contributed by atoms with E-state index in [1.165, 1.54) is 0 Å². The van der Waals surface area contributed by atoms with Crippen molar-refractivity contribution >= 4 is 5.95 Å². The molecule has 0 bridgehead atoms. The Morgan fingerprint density at radius 1 is 1.47 bits per heavy atom. The minimum Gasteiger partial charge on any atom is -0.333 e. The molecule has 1 N–H and O–H groups in total. The van der Waals surface area contributed by atoms with Crippen molar-refractivity contribution in [2.24, 2.45) is 0 Å². The van der Waals surface area contributed by atoms with E-state index in [1.807, 2.05) is 0 Å². The fourth-order valence-electron chi connectivity index (χ4n) is 2.05. The van der Waals surface area contributed by atoms with Gasteiger partial charge in [-0.05, 0) is 26.8 Å². The molecule has 5 nitrogen and oxygen atoms in total. The molecule has 1 fully saturated rings. The first-order chi connectivity index (χ1) is 7.29. The second-order valence-electron chi connectivity index (χ2n) is 4.09. The van der Waals surface area contributed by atoms with Crippen LogP contribution in [0.2, 0.25) is 0 Å². The molecule has 0 aliphatic carbocycles. The number of hydrogen-bond donors (Lipinski definition) is 1. The third kappa shape index (κ3) is 2.23. The molecule has 82 valence electrons. The van der Waals surface area contributed by atoms with E-state index >= 15 is 0 Å². The van der Waals surface area contributed by atoms with Crippen LogP contribution in [0, 0.1) is 0 Å². The summed E-state index contributed by atoms with van der Waals surface area (Å²) in [5.41, 5.74) is 0. The van der Waals surface area contributed by atoms with Crippen LogP contribution in [0.25, 0.3) is 0 Å². The summed E-state index contributed by atoms with van der Waals surface area (Å²) in [7, 11) is 0. The Bertz CT molecular complexity index is 294. The zero-order valence-corrected chi connectivity index (χ0v) is 9.22. The third-order valence-corrected chi connectivity index (χ3v) is 2.69. The predicted octanol–water partition coefficient (Wildman–Crippen LogP) is 0.448. The first kappa shape index (κ1) is 10.3. The second kappa shape index (κ2) is 4.53. The molecule has 2 rings (SSSR count). The molecule has 5 heteroatoms. The first-order valence-electron chi connectivity index (χ1n) is 5.42. The van der Waals surface area contributed by atoms with Crippen molar-refractivity contribution in [3.05, 3.63) is 12.4 Å². The number of nitrogens with one attached hydrogen (secondary N) is 1. The molecule has 1 aromatic heterocycles. The first-order valence-corrected chi connectivity index (χ1v) is 5.42. The van der Waals surface area contributed by atoms with Gasteiger partial charge in [-0.2, -0.15) is 5.10 Å². The van der Waals surface area contributed by atoms with Crippen LogP contribution in [0.5, 0.6) is 0 Å². The number of aromatic nitrogens is 3. The quantitative estimate of drug-likeness (QED) is 0.780. The van der Waals surface area contributed by atoms with Gasteiger partial charge < -0.3 is 10.2 Å². The van der Waals surface area contributed by atoms with Crippen LogP contribution in [-0.4, -0.2) is 40.4 Å². The average molecular weight is 207 g/mol. The molecule has 1 aliphatic rings. The summed E-state index contributed by atoms with van der Waals surface area (Å²) < 4.78 is 0. The van der Waals surface area contributed by atoms with Crippen LogP contribution < -0.4 is 10.2 Å². The Kier molecular flexibility index (Phi) is 3.11. The van der Waals surface area contributed by atoms with Gasteiger partial charge in [0.1, 0.15) is 0 Å². The van der Waals surface area contributed by atoms with E-state index in [0.29, 0.717) is 12.1 Å². The van der Waals surface area contributed by atoms with E-state index in [2.05, 4.69) is 39.2 Å². The summed E-state index contributed by atoms with van der Waals surface area (Å²) in [6, 6.07) is 0.897. The van der Waals surface area contributed by atoms with Gasteiger partial charge in [0.15, 0.2) is 0 Å². The van der Waals surface area contributed by atoms with E-state index in [1.54, 1.807) is 12.4 Å². The normalized spacial score (nSPS) is 20.9. The molecule has 1 aliphatic heterocycles. The highest BCUT2D eigenvalue weighted by molar-refractivity contribution is 5.31. The molecule has 1 atom stereocenters. The van der Waals surface area contributed by atoms with E-state index in [0.717, 1.165) is 25.5 Å². The Labute approximate surface area is 89.9 Å². The largest absolute Gasteiger partial charge is 0.333 e. The third-order valence-electron chi connectivity index (χ3n) is 2.69. The van der Waals surface area contributed by atoms with Crippen LogP contribution in [-0.2, 0) is 0 Å². The Balaban J connectivity index is 2.19. The lowest BCUT2D eigenvalue weighted by molar-refractivity contribution is 0.554. The second-order valence-corrected chi connectivity index (χ2v) is 4.09. The molecular weight excluding hydrogens is 190 g/mol. The van der Waals surface area contributed by atoms with Crippen molar-refractivity contribution in [3.8, 4) is 0 Å². The molecule has 0 saturated carbocycles. The highest BCUT2D eigenvalue weighted by Crippen LogP contribution is 2.17. The van der Waals surface area contributed by atoms with Crippen molar-refractivity contribution in [1.29, 1.82) is 0 Å². The highest BCUT2D eigenvalue weighted by atomic mass is 15.3. The summed E-state index contributed by atoms with van der Waals surface area (Å²) in [5, 5.41) is 11.3. The zero-order valence-electron chi connectivity index (χ0n) is 9.22. The summed E-state index contributed by atoms with van der Waals surface area (Å²) in [5.74, 6) is 0.737. The monoisotopic (exact) mass is 207 g/mol. The molecule has 15 heavy (non-hydrogen) atoms. The maximum atomic E-state index is 4.27. The van der Waals surface area contributed by atoms with Gasteiger partial charge in [0, 0.05) is 18.6 Å². The molecular formula is C10H17N5. The van der Waals surface area contributed by atoms with Crippen molar-refractivity contribution in [2.75, 3.05) is 18.0 Å². The molecule has 0 radical (unpaired) electrons. The summed E-state index contributed by atoms with van der Waals surface area (Å²) in [6.07, 6.45) is 4.45. The predicted molar refractivity (Wildman–Crippen MR) is 58.7 cm³/mol. The lowest BCUT2D eigenvalue weighted by Crippen LogP contribution is -2.43. The van der Waals surface area contributed by atoms with Gasteiger partial charge in [0.2, 0.25) is 5.95 Å². The van der Waals surface area contributed by atoms with Gasteiger partial charge in [-0.1, -0.05) is 0 Å². The summed E-state index contributed by atoms with van der Waals surface area (Å²) in [4.78, 5) is 6.51. The molecule has 0 aromatic carbocycles. The Morgan fingerprint density at radius 2 is 2.33 bits per heavy atom. The van der Waals surface area contributed by atoms with Crippen molar-refractivity contribution in [2.45, 2.75) is 32.4 Å². The lowest BCUT2D eigenvalue weighted by atomic mass is 10.2. The maximum absolute atomic E-state index is 4.27. The van der Waals surface area contributed by atoms with Crippen molar-refractivity contribution in [1.82, 2.24) is 20.5 Å². The number of anilines is 1. The number of rotatable bonds is 3. The van der Waals surface area contributed by atoms with Crippen LogP contribution in [0.15, 0.2) is 12.4 Å². The fraction of sp³-hybridized carbons (Fsp3) is 0.700. The molecule has 0 amide bonds. The topological polar surface area (TPSA) is 53.9 Å². The van der Waals surface area contributed by atoms with Crippen LogP contribution in [0.1, 0.15) is 20.3 Å². The molecule has 2 heterocycles. The zero-order chi connectivity index (χ0) is 10.7. The van der Waals surface area contributed by atoms with Crippen LogP contribution in [0.4, 0.5) is 5.95 Å². The molecule has 1 saturated heterocycles. The summed E-state index contributed by atoms with van der Waals surface area (Å²) in [6.45, 7) is 6.41. The van der Waals surface area contributed by atoms with E-state index in [4.69, 9.17) is 0 Å². The van der Waals surface area contributed by atoms with Gasteiger partial charge in [0.05, 0.1) is 12.4 Å². The van der Waals surface area contributed by atoms with E-state index in [9.17, 15) is 0 Å². The van der Waals surface area contributed by atoms with Gasteiger partial charge in [-0.15, -0.1) is 5.10 Å². The SMILES string of the molecule is CC(C)N(c1nccnn1)C1CCNC1. The van der Waals surface area contributed by atoms with Crippen LogP contribution >= 0.6 is 0 Å². The van der Waals surface area contributed by atoms with E-state index < -0.39 is 0 Å². The van der Waals surface area contributed by atoms with Gasteiger partial charge >= 0.3 is 0 Å². The number of hydrogen-bond acceptors (Lipinski definition) is 5. The minimum atomic E-state index is 0.402. The van der Waals surface area contributed by atoms with E-state index in [-0.39, 0.29) is 0 Å². The van der Waals surface area contributed by atoms with Crippen LogP contribution in [0.3, 0.4) is 0 Å². The summed E-state index contributed by atoms with van der Waals surface area (Å²) >= 11 is 0. The molecule has 0 spiro atoms. The lowest BCUT2D eigenvalue weighted by Gasteiger charge is -2.31. The fourth-order valence-corrected chi connectivity index (χ4v) is 2.05. The molecule has 1 aromatic rings. The smallest absolute Gasteiger partial charge is 0.245 e. The van der Waals surface area contributed by atoms with Gasteiger partial charge in [-0.3, -0.25) is 0 Å². The van der Waals surface area contributed by atoms with Crippen molar-refractivity contribution < 1.29 is 0 Å². The molecule has 1 unspecified atom stereocenters. The standard InChI is InChI=1S/C10H17N5/c1-8(2)15(9-3-4-11-7-9)10-12-5-6-13-14-10/h5-6,8-9,11H,3-4,7H2,1-2H3. The highest BCUT2D eigenvalue weighted by Gasteiger charge is 2.26. The minimum absolute atomic E-state index is 0.402.